The summed E-state index contributed by atoms with van der Waals surface area (Å²) in [5.74, 6) is -1.70. The topological polar surface area (TPSA) is 108 Å². The highest BCUT2D eigenvalue weighted by molar-refractivity contribution is 6.31. The second-order valence-electron chi connectivity index (χ2n) is 7.59. The van der Waals surface area contributed by atoms with E-state index in [0.717, 1.165) is 32.1 Å². The lowest BCUT2D eigenvalue weighted by molar-refractivity contribution is 0.0558. The zero-order valence-electron chi connectivity index (χ0n) is 17.7. The fourth-order valence-corrected chi connectivity index (χ4v) is 4.18. The predicted molar refractivity (Wildman–Crippen MR) is 118 cm³/mol. The van der Waals surface area contributed by atoms with Gasteiger partial charge in [-0.1, -0.05) is 30.9 Å². The van der Waals surface area contributed by atoms with Crippen LogP contribution >= 0.6 is 11.6 Å². The number of hydrogen-bond acceptors (Lipinski definition) is 8. The molecule has 0 spiro atoms. The maximum absolute atomic E-state index is 13.2. The number of benzene rings is 1. The van der Waals surface area contributed by atoms with E-state index < -0.39 is 17.4 Å². The van der Waals surface area contributed by atoms with Crippen LogP contribution < -0.4 is 10.7 Å². The molecule has 0 radical (unpaired) electrons. The molecule has 0 bridgehead atoms. The van der Waals surface area contributed by atoms with Crippen molar-refractivity contribution < 1.29 is 27.9 Å². The van der Waals surface area contributed by atoms with Gasteiger partial charge < -0.3 is 23.6 Å². The number of carbonyl (C=O) groups is 2. The SMILES string of the molecule is COC(=O)c1c(NC2CCCCC2)oc(-c2coc3ccc(Cl)cc3c2=O)c1C(=O)OC. The van der Waals surface area contributed by atoms with Crippen LogP contribution in [0, 0.1) is 0 Å². The lowest BCUT2D eigenvalue weighted by atomic mass is 9.95. The van der Waals surface area contributed by atoms with E-state index >= 15 is 0 Å². The van der Waals surface area contributed by atoms with E-state index in [9.17, 15) is 14.4 Å². The predicted octanol–water partition coefficient (Wildman–Crippen LogP) is 5.02. The number of furan rings is 1. The van der Waals surface area contributed by atoms with Crippen molar-refractivity contribution >= 4 is 40.4 Å². The van der Waals surface area contributed by atoms with Gasteiger partial charge in [0.25, 0.3) is 0 Å². The second-order valence-corrected chi connectivity index (χ2v) is 8.03. The number of halogens is 1. The van der Waals surface area contributed by atoms with Gasteiger partial charge in [0.15, 0.2) is 5.76 Å². The third kappa shape index (κ3) is 3.98. The average molecular weight is 460 g/mol. The Morgan fingerprint density at radius 3 is 2.44 bits per heavy atom. The van der Waals surface area contributed by atoms with E-state index in [1.807, 2.05) is 0 Å². The number of carbonyl (C=O) groups excluding carboxylic acids is 2. The zero-order valence-corrected chi connectivity index (χ0v) is 18.4. The van der Waals surface area contributed by atoms with Crippen LogP contribution in [0.15, 0.2) is 38.1 Å². The Morgan fingerprint density at radius 1 is 1.06 bits per heavy atom. The van der Waals surface area contributed by atoms with Crippen molar-refractivity contribution in [2.75, 3.05) is 19.5 Å². The molecule has 1 aliphatic rings. The summed E-state index contributed by atoms with van der Waals surface area (Å²) in [6.45, 7) is 0. The van der Waals surface area contributed by atoms with Crippen molar-refractivity contribution in [3.8, 4) is 11.3 Å². The van der Waals surface area contributed by atoms with Crippen LogP contribution in [-0.4, -0.2) is 32.2 Å². The molecule has 32 heavy (non-hydrogen) atoms. The number of hydrogen-bond donors (Lipinski definition) is 1. The Bertz CT molecular complexity index is 1240. The summed E-state index contributed by atoms with van der Waals surface area (Å²) >= 11 is 6.04. The van der Waals surface area contributed by atoms with Crippen LogP contribution in [0.3, 0.4) is 0 Å². The number of anilines is 1. The van der Waals surface area contributed by atoms with Crippen LogP contribution in [0.5, 0.6) is 0 Å². The van der Waals surface area contributed by atoms with Crippen molar-refractivity contribution in [1.82, 2.24) is 0 Å². The maximum Gasteiger partial charge on any atom is 0.344 e. The summed E-state index contributed by atoms with van der Waals surface area (Å²) in [5.41, 5.74) is -0.504. The molecule has 3 aromatic rings. The molecule has 1 aromatic carbocycles. The van der Waals surface area contributed by atoms with Crippen LogP contribution in [0.1, 0.15) is 52.8 Å². The molecule has 2 aromatic heterocycles. The highest BCUT2D eigenvalue weighted by Crippen LogP contribution is 2.37. The van der Waals surface area contributed by atoms with E-state index in [2.05, 4.69) is 5.32 Å². The van der Waals surface area contributed by atoms with Crippen LogP contribution in [-0.2, 0) is 9.47 Å². The molecule has 1 N–H and O–H groups in total. The largest absolute Gasteiger partial charge is 0.465 e. The number of methoxy groups -OCH3 is 2. The molecular formula is C23H22ClNO7. The number of fused-ring (bicyclic) bond motifs is 1. The minimum Gasteiger partial charge on any atom is -0.465 e. The fourth-order valence-electron chi connectivity index (χ4n) is 4.01. The Labute approximate surface area is 188 Å². The lowest BCUT2D eigenvalue weighted by Gasteiger charge is -2.22. The molecular weight excluding hydrogens is 438 g/mol. The third-order valence-electron chi connectivity index (χ3n) is 5.61. The van der Waals surface area contributed by atoms with Gasteiger partial charge in [-0.2, -0.15) is 0 Å². The van der Waals surface area contributed by atoms with E-state index in [-0.39, 0.29) is 39.8 Å². The monoisotopic (exact) mass is 459 g/mol. The second kappa shape index (κ2) is 9.08. The van der Waals surface area contributed by atoms with Gasteiger partial charge in [0, 0.05) is 11.1 Å². The first kappa shape index (κ1) is 22.0. The number of ether oxygens (including phenoxy) is 2. The Balaban J connectivity index is 1.94. The van der Waals surface area contributed by atoms with Gasteiger partial charge in [-0.15, -0.1) is 0 Å². The van der Waals surface area contributed by atoms with Gasteiger partial charge in [-0.05, 0) is 31.0 Å². The number of nitrogens with one attached hydrogen (secondary N) is 1. The van der Waals surface area contributed by atoms with E-state index in [1.54, 1.807) is 12.1 Å². The van der Waals surface area contributed by atoms with E-state index in [0.29, 0.717) is 10.6 Å². The first-order chi connectivity index (χ1) is 15.4. The highest BCUT2D eigenvalue weighted by atomic mass is 35.5. The minimum atomic E-state index is -0.841. The molecule has 4 rings (SSSR count). The molecule has 0 saturated heterocycles. The number of esters is 2. The smallest absolute Gasteiger partial charge is 0.344 e. The lowest BCUT2D eigenvalue weighted by Crippen LogP contribution is -2.23. The Kier molecular flexibility index (Phi) is 6.23. The molecule has 1 fully saturated rings. The van der Waals surface area contributed by atoms with Gasteiger partial charge in [0.2, 0.25) is 11.3 Å². The average Bonchev–Trinajstić information content (AvgIpc) is 3.18. The van der Waals surface area contributed by atoms with Crippen molar-refractivity contribution in [3.05, 3.63) is 50.8 Å². The molecule has 0 atom stereocenters. The standard InChI is InChI=1S/C23H22ClNO7/c1-29-22(27)17-18(23(28)30-2)21(25-13-6-4-3-5-7-13)32-20(17)15-11-31-16-9-8-12(24)10-14(16)19(15)26/h8-11,13,25H,3-7H2,1-2H3. The van der Waals surface area contributed by atoms with E-state index in [4.69, 9.17) is 29.9 Å². The summed E-state index contributed by atoms with van der Waals surface area (Å²) in [6.07, 6.45) is 6.19. The minimum absolute atomic E-state index is 0.0398. The van der Waals surface area contributed by atoms with Gasteiger partial charge >= 0.3 is 11.9 Å². The molecule has 1 aliphatic carbocycles. The summed E-state index contributed by atoms with van der Waals surface area (Å²) in [6, 6.07) is 4.70. The molecule has 0 amide bonds. The van der Waals surface area contributed by atoms with Gasteiger partial charge in [0.1, 0.15) is 28.5 Å². The Morgan fingerprint density at radius 2 is 1.75 bits per heavy atom. The Hall–Kier alpha value is -3.26. The first-order valence-electron chi connectivity index (χ1n) is 10.3. The molecule has 9 heteroatoms. The zero-order chi connectivity index (χ0) is 22.8. The molecule has 2 heterocycles. The molecule has 1 saturated carbocycles. The number of rotatable bonds is 5. The van der Waals surface area contributed by atoms with Crippen molar-refractivity contribution in [2.45, 2.75) is 38.1 Å². The summed E-state index contributed by atoms with van der Waals surface area (Å²) < 4.78 is 21.3. The van der Waals surface area contributed by atoms with Crippen molar-refractivity contribution in [2.24, 2.45) is 0 Å². The first-order valence-corrected chi connectivity index (χ1v) is 10.6. The molecule has 8 nitrogen and oxygen atoms in total. The van der Waals surface area contributed by atoms with Gasteiger partial charge in [0.05, 0.1) is 19.6 Å². The van der Waals surface area contributed by atoms with Gasteiger partial charge in [-0.3, -0.25) is 4.79 Å². The van der Waals surface area contributed by atoms with Crippen LogP contribution in [0.4, 0.5) is 5.88 Å². The third-order valence-corrected chi connectivity index (χ3v) is 5.84. The normalized spacial score (nSPS) is 14.3. The summed E-state index contributed by atoms with van der Waals surface area (Å²) in [7, 11) is 2.38. The molecule has 0 aliphatic heterocycles. The van der Waals surface area contributed by atoms with E-state index in [1.165, 1.54) is 26.5 Å². The quantitative estimate of drug-likeness (QED) is 0.529. The maximum atomic E-state index is 13.2. The fraction of sp³-hybridized carbons (Fsp3) is 0.348. The molecule has 0 unspecified atom stereocenters. The van der Waals surface area contributed by atoms with Crippen LogP contribution in [0.25, 0.3) is 22.3 Å². The van der Waals surface area contributed by atoms with Crippen LogP contribution in [0.2, 0.25) is 5.02 Å². The summed E-state index contributed by atoms with van der Waals surface area (Å²) in [5, 5.41) is 3.77. The molecule has 168 valence electrons. The van der Waals surface area contributed by atoms with Gasteiger partial charge in [-0.25, -0.2) is 9.59 Å². The van der Waals surface area contributed by atoms with Crippen molar-refractivity contribution in [3.63, 3.8) is 0 Å². The van der Waals surface area contributed by atoms with Crippen molar-refractivity contribution in [1.29, 1.82) is 0 Å². The summed E-state index contributed by atoms with van der Waals surface area (Å²) in [4.78, 5) is 38.6. The highest BCUT2D eigenvalue weighted by Gasteiger charge is 2.34.